The molecular formula is C18H30N2. The van der Waals surface area contributed by atoms with Crippen molar-refractivity contribution in [1.82, 2.24) is 0 Å². The molecule has 0 radical (unpaired) electrons. The first-order valence-electron chi connectivity index (χ1n) is 8.18. The van der Waals surface area contributed by atoms with Crippen molar-refractivity contribution in [3.63, 3.8) is 0 Å². The van der Waals surface area contributed by atoms with Crippen molar-refractivity contribution in [2.75, 3.05) is 11.9 Å². The van der Waals surface area contributed by atoms with E-state index in [0.29, 0.717) is 6.04 Å². The maximum absolute atomic E-state index is 6.15. The van der Waals surface area contributed by atoms with Gasteiger partial charge in [0.15, 0.2) is 0 Å². The lowest BCUT2D eigenvalue weighted by molar-refractivity contribution is 0.340. The third kappa shape index (κ3) is 3.76. The molecule has 2 nitrogen and oxygen atoms in total. The molecule has 2 heteroatoms. The fourth-order valence-corrected chi connectivity index (χ4v) is 3.28. The number of nitrogens with zero attached hydrogens (tertiary/aromatic N) is 1. The minimum Gasteiger partial charge on any atom is -0.371 e. The molecule has 1 aliphatic rings. The molecule has 0 aromatic heterocycles. The van der Waals surface area contributed by atoms with Gasteiger partial charge in [-0.15, -0.1) is 0 Å². The number of hydrogen-bond donors (Lipinski definition) is 1. The zero-order valence-electron chi connectivity index (χ0n) is 13.3. The van der Waals surface area contributed by atoms with Crippen LogP contribution in [0, 0.1) is 5.92 Å². The molecule has 2 rings (SSSR count). The minimum atomic E-state index is 0.274. The van der Waals surface area contributed by atoms with Crippen molar-refractivity contribution in [1.29, 1.82) is 0 Å². The van der Waals surface area contributed by atoms with Gasteiger partial charge in [0, 0.05) is 24.8 Å². The lowest BCUT2D eigenvalue weighted by Crippen LogP contribution is -2.35. The van der Waals surface area contributed by atoms with Crippen LogP contribution in [0.15, 0.2) is 24.3 Å². The van der Waals surface area contributed by atoms with Gasteiger partial charge in [-0.2, -0.15) is 0 Å². The predicted molar refractivity (Wildman–Crippen MR) is 88.2 cm³/mol. The Bertz CT molecular complexity index is 408. The van der Waals surface area contributed by atoms with E-state index in [1.807, 2.05) is 0 Å². The Hall–Kier alpha value is -1.02. The second kappa shape index (κ2) is 7.12. The lowest BCUT2D eigenvalue weighted by atomic mass is 9.86. The molecule has 0 saturated heterocycles. The van der Waals surface area contributed by atoms with Crippen molar-refractivity contribution in [3.8, 4) is 0 Å². The van der Waals surface area contributed by atoms with Gasteiger partial charge < -0.3 is 10.6 Å². The highest BCUT2D eigenvalue weighted by atomic mass is 15.1. The van der Waals surface area contributed by atoms with E-state index in [0.717, 1.165) is 18.8 Å². The number of hydrogen-bond acceptors (Lipinski definition) is 2. The Morgan fingerprint density at radius 1 is 1.20 bits per heavy atom. The van der Waals surface area contributed by atoms with E-state index in [2.05, 4.69) is 50.1 Å². The molecule has 20 heavy (non-hydrogen) atoms. The first-order chi connectivity index (χ1) is 9.61. The minimum absolute atomic E-state index is 0.274. The third-order valence-electron chi connectivity index (χ3n) is 4.91. The van der Waals surface area contributed by atoms with Crippen LogP contribution in [0.3, 0.4) is 0 Å². The maximum Gasteiger partial charge on any atom is 0.0399 e. The summed E-state index contributed by atoms with van der Waals surface area (Å²) in [6.07, 6.45) is 7.41. The van der Waals surface area contributed by atoms with E-state index in [1.54, 1.807) is 0 Å². The third-order valence-corrected chi connectivity index (χ3v) is 4.91. The summed E-state index contributed by atoms with van der Waals surface area (Å²) in [6, 6.07) is 9.76. The number of rotatable bonds is 5. The molecule has 1 aromatic carbocycles. The molecule has 0 spiro atoms. The molecule has 1 aromatic rings. The van der Waals surface area contributed by atoms with Gasteiger partial charge in [0.2, 0.25) is 0 Å². The van der Waals surface area contributed by atoms with Gasteiger partial charge >= 0.3 is 0 Å². The van der Waals surface area contributed by atoms with Crippen LogP contribution in [-0.4, -0.2) is 19.1 Å². The first-order valence-corrected chi connectivity index (χ1v) is 8.18. The summed E-state index contributed by atoms with van der Waals surface area (Å²) in [6.45, 7) is 4.55. The largest absolute Gasteiger partial charge is 0.371 e. The van der Waals surface area contributed by atoms with Gasteiger partial charge in [-0.3, -0.25) is 0 Å². The van der Waals surface area contributed by atoms with Gasteiger partial charge in [0.1, 0.15) is 0 Å². The number of anilines is 1. The van der Waals surface area contributed by atoms with Crippen LogP contribution < -0.4 is 10.6 Å². The summed E-state index contributed by atoms with van der Waals surface area (Å²) >= 11 is 0. The van der Waals surface area contributed by atoms with Crippen LogP contribution in [0.4, 0.5) is 5.69 Å². The molecule has 0 heterocycles. The SMILES string of the molecule is CCC(N)Cc1ccccc1N(C)C1CCC(C)CC1. The molecule has 112 valence electrons. The Morgan fingerprint density at radius 2 is 1.85 bits per heavy atom. The quantitative estimate of drug-likeness (QED) is 0.880. The molecular weight excluding hydrogens is 244 g/mol. The molecule has 1 saturated carbocycles. The Balaban J connectivity index is 2.10. The number of nitrogens with two attached hydrogens (primary N) is 1. The van der Waals surface area contributed by atoms with Crippen LogP contribution >= 0.6 is 0 Å². The van der Waals surface area contributed by atoms with Crippen LogP contribution in [0.25, 0.3) is 0 Å². The maximum atomic E-state index is 6.15. The zero-order chi connectivity index (χ0) is 14.5. The molecule has 1 unspecified atom stereocenters. The van der Waals surface area contributed by atoms with Gasteiger partial charge in [-0.1, -0.05) is 32.0 Å². The van der Waals surface area contributed by atoms with Crippen molar-refractivity contribution < 1.29 is 0 Å². The fourth-order valence-electron chi connectivity index (χ4n) is 3.28. The van der Waals surface area contributed by atoms with E-state index < -0.39 is 0 Å². The molecule has 1 atom stereocenters. The molecule has 0 aliphatic heterocycles. The van der Waals surface area contributed by atoms with Crippen LogP contribution in [0.1, 0.15) is 51.5 Å². The summed E-state index contributed by atoms with van der Waals surface area (Å²) in [4.78, 5) is 2.50. The van der Waals surface area contributed by atoms with Crippen molar-refractivity contribution in [2.45, 2.75) is 64.5 Å². The zero-order valence-corrected chi connectivity index (χ0v) is 13.3. The average Bonchev–Trinajstić information content (AvgIpc) is 2.48. The second-order valence-electron chi connectivity index (χ2n) is 6.53. The molecule has 1 aliphatic carbocycles. The smallest absolute Gasteiger partial charge is 0.0399 e. The number of para-hydroxylation sites is 1. The highest BCUT2D eigenvalue weighted by molar-refractivity contribution is 5.54. The summed E-state index contributed by atoms with van der Waals surface area (Å²) in [5.41, 5.74) is 8.94. The van der Waals surface area contributed by atoms with Crippen molar-refractivity contribution in [3.05, 3.63) is 29.8 Å². The van der Waals surface area contributed by atoms with E-state index in [-0.39, 0.29) is 6.04 Å². The van der Waals surface area contributed by atoms with E-state index >= 15 is 0 Å². The summed E-state index contributed by atoms with van der Waals surface area (Å²) in [7, 11) is 2.26. The monoisotopic (exact) mass is 274 g/mol. The second-order valence-corrected chi connectivity index (χ2v) is 6.53. The standard InChI is InChI=1S/C18H30N2/c1-4-16(19)13-15-7-5-6-8-18(15)20(3)17-11-9-14(2)10-12-17/h5-8,14,16-17H,4,9-13,19H2,1-3H3. The normalized spacial score (nSPS) is 24.4. The highest BCUT2D eigenvalue weighted by Gasteiger charge is 2.23. The van der Waals surface area contributed by atoms with Crippen molar-refractivity contribution >= 4 is 5.69 Å². The lowest BCUT2D eigenvalue weighted by Gasteiger charge is -2.36. The van der Waals surface area contributed by atoms with E-state index in [4.69, 9.17) is 5.73 Å². The Kier molecular flexibility index (Phi) is 5.47. The van der Waals surface area contributed by atoms with Crippen LogP contribution in [0.5, 0.6) is 0 Å². The topological polar surface area (TPSA) is 29.3 Å². The summed E-state index contributed by atoms with van der Waals surface area (Å²) in [5, 5.41) is 0. The Labute approximate surface area is 124 Å². The Morgan fingerprint density at radius 3 is 2.50 bits per heavy atom. The van der Waals surface area contributed by atoms with Crippen molar-refractivity contribution in [2.24, 2.45) is 11.7 Å². The molecule has 0 amide bonds. The predicted octanol–water partition coefficient (Wildman–Crippen LogP) is 3.98. The van der Waals surface area contributed by atoms with Crippen LogP contribution in [-0.2, 0) is 6.42 Å². The average molecular weight is 274 g/mol. The molecule has 1 fully saturated rings. The van der Waals surface area contributed by atoms with Crippen LogP contribution in [0.2, 0.25) is 0 Å². The number of benzene rings is 1. The van der Waals surface area contributed by atoms with Gasteiger partial charge in [-0.05, 0) is 56.1 Å². The van der Waals surface area contributed by atoms with Gasteiger partial charge in [0.25, 0.3) is 0 Å². The molecule has 0 bridgehead atoms. The van der Waals surface area contributed by atoms with Gasteiger partial charge in [0.05, 0.1) is 0 Å². The fraction of sp³-hybridized carbons (Fsp3) is 0.667. The summed E-state index contributed by atoms with van der Waals surface area (Å²) < 4.78 is 0. The first kappa shape index (κ1) is 15.4. The van der Waals surface area contributed by atoms with Gasteiger partial charge in [-0.25, -0.2) is 0 Å². The van der Waals surface area contributed by atoms with E-state index in [9.17, 15) is 0 Å². The van der Waals surface area contributed by atoms with E-state index in [1.165, 1.54) is 36.9 Å². The summed E-state index contributed by atoms with van der Waals surface area (Å²) in [5.74, 6) is 0.906. The highest BCUT2D eigenvalue weighted by Crippen LogP contribution is 2.31. The molecule has 2 N–H and O–H groups in total.